The van der Waals surface area contributed by atoms with Gasteiger partial charge in [-0.1, -0.05) is 30.3 Å². The number of rotatable bonds is 9. The molecule has 172 valence electrons. The Morgan fingerprint density at radius 1 is 1.03 bits per heavy atom. The summed E-state index contributed by atoms with van der Waals surface area (Å²) in [5.41, 5.74) is 3.50. The summed E-state index contributed by atoms with van der Waals surface area (Å²) in [5.74, 6) is 0.0605. The largest absolute Gasteiger partial charge is 0.357 e. The lowest BCUT2D eigenvalue weighted by Crippen LogP contribution is -2.37. The Bertz CT molecular complexity index is 964. The zero-order valence-corrected chi connectivity index (χ0v) is 21.6. The van der Waals surface area contributed by atoms with Crippen molar-refractivity contribution in [1.29, 1.82) is 0 Å². The molecule has 0 radical (unpaired) electrons. The summed E-state index contributed by atoms with van der Waals surface area (Å²) in [7, 11) is 0.851. The minimum Gasteiger partial charge on any atom is -0.357 e. The van der Waals surface area contributed by atoms with E-state index in [2.05, 4.69) is 44.8 Å². The Hall–Kier alpha value is -1.72. The van der Waals surface area contributed by atoms with Crippen LogP contribution in [0, 0.1) is 5.82 Å². The molecule has 2 N–H and O–H groups in total. The summed E-state index contributed by atoms with van der Waals surface area (Å²) in [6.07, 6.45) is 1.17. The SMILES string of the molecule is CCNC(=NCc1ccc(CN(C)C)cc1)NCc1cc(F)ccc1CS(C)(=O)=O.I. The topological polar surface area (TPSA) is 73.8 Å². The number of benzene rings is 2. The summed E-state index contributed by atoms with van der Waals surface area (Å²) >= 11 is 0. The Labute approximate surface area is 202 Å². The maximum atomic E-state index is 13.7. The van der Waals surface area contributed by atoms with E-state index in [9.17, 15) is 12.8 Å². The molecule has 0 unspecified atom stereocenters. The van der Waals surface area contributed by atoms with E-state index in [1.807, 2.05) is 21.0 Å². The van der Waals surface area contributed by atoms with Crippen LogP contribution in [0.5, 0.6) is 0 Å². The highest BCUT2D eigenvalue weighted by molar-refractivity contribution is 14.0. The molecule has 31 heavy (non-hydrogen) atoms. The molecule has 2 rings (SSSR count). The molecule has 0 atom stereocenters. The van der Waals surface area contributed by atoms with Crippen LogP contribution in [0.1, 0.15) is 29.2 Å². The Morgan fingerprint density at radius 2 is 1.68 bits per heavy atom. The third-order valence-electron chi connectivity index (χ3n) is 4.32. The van der Waals surface area contributed by atoms with Gasteiger partial charge in [0, 0.05) is 25.9 Å². The molecule has 0 spiro atoms. The molecule has 0 aromatic heterocycles. The fraction of sp³-hybridized carbons (Fsp3) is 0.409. The van der Waals surface area contributed by atoms with Crippen LogP contribution in [0.4, 0.5) is 4.39 Å². The van der Waals surface area contributed by atoms with Crippen molar-refractivity contribution < 1.29 is 12.8 Å². The second-order valence-electron chi connectivity index (χ2n) is 7.59. The summed E-state index contributed by atoms with van der Waals surface area (Å²) in [5, 5.41) is 6.33. The van der Waals surface area contributed by atoms with Crippen molar-refractivity contribution in [3.05, 3.63) is 70.5 Å². The van der Waals surface area contributed by atoms with Gasteiger partial charge >= 0.3 is 0 Å². The average Bonchev–Trinajstić information content (AvgIpc) is 2.65. The van der Waals surface area contributed by atoms with Gasteiger partial charge in [0.25, 0.3) is 0 Å². The first kappa shape index (κ1) is 27.3. The van der Waals surface area contributed by atoms with E-state index in [4.69, 9.17) is 0 Å². The third-order valence-corrected chi connectivity index (χ3v) is 5.15. The van der Waals surface area contributed by atoms with Crippen molar-refractivity contribution in [3.8, 4) is 0 Å². The predicted octanol–water partition coefficient (Wildman–Crippen LogP) is 3.31. The summed E-state index contributed by atoms with van der Waals surface area (Å²) in [6.45, 7) is 4.29. The molecular formula is C22H32FIN4O2S. The van der Waals surface area contributed by atoms with Gasteiger partial charge in [0.1, 0.15) is 5.82 Å². The molecule has 6 nitrogen and oxygen atoms in total. The molecule has 0 aliphatic rings. The molecule has 0 aliphatic heterocycles. The van der Waals surface area contributed by atoms with Crippen LogP contribution in [0.3, 0.4) is 0 Å². The number of hydrogen-bond donors (Lipinski definition) is 2. The molecule has 2 aromatic rings. The number of nitrogens with zero attached hydrogens (tertiary/aromatic N) is 2. The Kier molecular flexibility index (Phi) is 11.4. The molecule has 9 heteroatoms. The molecule has 2 aromatic carbocycles. The van der Waals surface area contributed by atoms with Crippen molar-refractivity contribution >= 4 is 39.8 Å². The number of nitrogens with one attached hydrogen (secondary N) is 2. The van der Waals surface area contributed by atoms with E-state index < -0.39 is 15.7 Å². The predicted molar refractivity (Wildman–Crippen MR) is 136 cm³/mol. The van der Waals surface area contributed by atoms with Gasteiger partial charge in [0.2, 0.25) is 0 Å². The van der Waals surface area contributed by atoms with E-state index in [1.54, 1.807) is 0 Å². The van der Waals surface area contributed by atoms with E-state index in [0.29, 0.717) is 30.2 Å². The van der Waals surface area contributed by atoms with Crippen molar-refractivity contribution in [2.75, 3.05) is 26.9 Å². The molecular weight excluding hydrogens is 530 g/mol. The molecule has 0 bridgehead atoms. The highest BCUT2D eigenvalue weighted by atomic mass is 127. The van der Waals surface area contributed by atoms with Gasteiger partial charge in [-0.05, 0) is 55.4 Å². The van der Waals surface area contributed by atoms with Crippen molar-refractivity contribution in [2.24, 2.45) is 4.99 Å². The summed E-state index contributed by atoms with van der Waals surface area (Å²) < 4.78 is 37.0. The number of guanidine groups is 1. The van der Waals surface area contributed by atoms with Crippen LogP contribution < -0.4 is 10.6 Å². The second-order valence-corrected chi connectivity index (χ2v) is 9.73. The standard InChI is InChI=1S/C22H31FN4O2S.HI/c1-5-24-22(25-13-17-6-8-18(9-7-17)15-27(2)3)26-14-20-12-21(23)11-10-19(20)16-30(4,28)29;/h6-12H,5,13-16H2,1-4H3,(H2,24,25,26);1H. The number of aliphatic imine (C=N–C) groups is 1. The minimum atomic E-state index is -3.22. The highest BCUT2D eigenvalue weighted by Crippen LogP contribution is 2.14. The van der Waals surface area contributed by atoms with Gasteiger partial charge in [0.05, 0.1) is 12.3 Å². The quantitative estimate of drug-likeness (QED) is 0.279. The molecule has 0 saturated carbocycles. The number of halogens is 2. The number of hydrogen-bond acceptors (Lipinski definition) is 4. The van der Waals surface area contributed by atoms with Crippen LogP contribution in [-0.2, 0) is 35.2 Å². The fourth-order valence-electron chi connectivity index (χ4n) is 2.99. The number of sulfone groups is 1. The van der Waals surface area contributed by atoms with Crippen LogP contribution in [0.15, 0.2) is 47.5 Å². The molecule has 0 heterocycles. The van der Waals surface area contributed by atoms with Gasteiger partial charge in [-0.3, -0.25) is 0 Å². The summed E-state index contributed by atoms with van der Waals surface area (Å²) in [6, 6.07) is 12.5. The first-order valence-electron chi connectivity index (χ1n) is 9.86. The molecule has 0 saturated heterocycles. The van der Waals surface area contributed by atoms with Crippen LogP contribution in [0.2, 0.25) is 0 Å². The van der Waals surface area contributed by atoms with E-state index in [-0.39, 0.29) is 36.3 Å². The van der Waals surface area contributed by atoms with Crippen LogP contribution >= 0.6 is 24.0 Å². The van der Waals surface area contributed by atoms with Gasteiger partial charge in [-0.15, -0.1) is 24.0 Å². The third kappa shape index (κ3) is 10.4. The van der Waals surface area contributed by atoms with E-state index in [0.717, 1.165) is 12.1 Å². The second kappa shape index (κ2) is 13.0. The lowest BCUT2D eigenvalue weighted by molar-refractivity contribution is 0.402. The monoisotopic (exact) mass is 562 g/mol. The first-order valence-corrected chi connectivity index (χ1v) is 11.9. The summed E-state index contributed by atoms with van der Waals surface area (Å²) in [4.78, 5) is 6.70. The first-order chi connectivity index (χ1) is 14.2. The molecule has 0 amide bonds. The van der Waals surface area contributed by atoms with Crippen molar-refractivity contribution in [1.82, 2.24) is 15.5 Å². The average molecular weight is 562 g/mol. The maximum absolute atomic E-state index is 13.7. The molecule has 0 fully saturated rings. The fourth-order valence-corrected chi connectivity index (χ4v) is 3.84. The Morgan fingerprint density at radius 3 is 2.26 bits per heavy atom. The lowest BCUT2D eigenvalue weighted by Gasteiger charge is -2.14. The zero-order valence-electron chi connectivity index (χ0n) is 18.5. The van der Waals surface area contributed by atoms with Crippen LogP contribution in [0.25, 0.3) is 0 Å². The normalized spacial score (nSPS) is 11.9. The van der Waals surface area contributed by atoms with Crippen LogP contribution in [-0.4, -0.2) is 46.2 Å². The lowest BCUT2D eigenvalue weighted by atomic mass is 10.1. The van der Waals surface area contributed by atoms with E-state index >= 15 is 0 Å². The van der Waals surface area contributed by atoms with Crippen molar-refractivity contribution in [2.45, 2.75) is 32.3 Å². The van der Waals surface area contributed by atoms with E-state index in [1.165, 1.54) is 30.0 Å². The van der Waals surface area contributed by atoms with Crippen molar-refractivity contribution in [3.63, 3.8) is 0 Å². The van der Waals surface area contributed by atoms with Gasteiger partial charge < -0.3 is 15.5 Å². The van der Waals surface area contributed by atoms with Gasteiger partial charge in [-0.2, -0.15) is 0 Å². The highest BCUT2D eigenvalue weighted by Gasteiger charge is 2.11. The zero-order chi connectivity index (χ0) is 22.1. The minimum absolute atomic E-state index is 0. The molecule has 0 aliphatic carbocycles. The Balaban J connectivity index is 0.00000480. The van der Waals surface area contributed by atoms with Gasteiger partial charge in [-0.25, -0.2) is 17.8 Å². The maximum Gasteiger partial charge on any atom is 0.191 e. The van der Waals surface area contributed by atoms with Gasteiger partial charge in [0.15, 0.2) is 15.8 Å². The smallest absolute Gasteiger partial charge is 0.191 e.